The second-order valence-corrected chi connectivity index (χ2v) is 9.23. The molecule has 2 atom stereocenters. The smallest absolute Gasteiger partial charge is 0.276 e. The predicted molar refractivity (Wildman–Crippen MR) is 124 cm³/mol. The summed E-state index contributed by atoms with van der Waals surface area (Å²) in [4.78, 5) is 28.8. The number of nitriles is 1. The van der Waals surface area contributed by atoms with Gasteiger partial charge in [-0.25, -0.2) is 14.9 Å². The fourth-order valence-corrected chi connectivity index (χ4v) is 4.49. The summed E-state index contributed by atoms with van der Waals surface area (Å²) in [5, 5.41) is 14.5. The van der Waals surface area contributed by atoms with Crippen molar-refractivity contribution in [2.45, 2.75) is 52.3 Å². The third-order valence-electron chi connectivity index (χ3n) is 6.23. The van der Waals surface area contributed by atoms with Gasteiger partial charge in [-0.05, 0) is 39.7 Å². The average Bonchev–Trinajstić information content (AvgIpc) is 3.22. The minimum Gasteiger partial charge on any atom is -0.467 e. The first-order valence-corrected chi connectivity index (χ1v) is 11.1. The van der Waals surface area contributed by atoms with Crippen molar-refractivity contribution in [1.82, 2.24) is 14.9 Å². The number of aryl methyl sites for hydroxylation is 1. The average molecular weight is 458 g/mol. The van der Waals surface area contributed by atoms with Crippen LogP contribution in [-0.4, -0.2) is 49.6 Å². The molecule has 0 saturated carbocycles. The summed E-state index contributed by atoms with van der Waals surface area (Å²) in [5.41, 5.74) is 9.12. The Labute approximate surface area is 197 Å². The molecule has 10 heteroatoms. The molecule has 34 heavy (non-hydrogen) atoms. The van der Waals surface area contributed by atoms with Gasteiger partial charge in [0.1, 0.15) is 29.1 Å². The number of amidine groups is 1. The summed E-state index contributed by atoms with van der Waals surface area (Å²) in [7, 11) is 0. The number of amides is 1. The number of nitrogens with two attached hydrogens (primary N) is 1. The van der Waals surface area contributed by atoms with E-state index in [9.17, 15) is 10.1 Å². The van der Waals surface area contributed by atoms with E-state index in [1.165, 1.54) is 6.20 Å². The van der Waals surface area contributed by atoms with Crippen molar-refractivity contribution in [2.75, 3.05) is 12.4 Å². The van der Waals surface area contributed by atoms with Gasteiger partial charge in [0.15, 0.2) is 17.6 Å². The molecule has 0 spiro atoms. The number of aromatic nitrogens is 2. The number of azo groups is 2. The summed E-state index contributed by atoms with van der Waals surface area (Å²) in [5.74, 6) is 0.697. The first kappa shape index (κ1) is 21.7. The fraction of sp³-hybridized carbons (Fsp3) is 0.375. The van der Waals surface area contributed by atoms with Crippen LogP contribution in [0.3, 0.4) is 0 Å². The quantitative estimate of drug-likeness (QED) is 0.605. The zero-order chi connectivity index (χ0) is 24.4. The third-order valence-corrected chi connectivity index (χ3v) is 6.23. The Morgan fingerprint density at radius 3 is 2.82 bits per heavy atom. The Hall–Kier alpha value is -4.13. The highest BCUT2D eigenvalue weighted by molar-refractivity contribution is 6.15. The fourth-order valence-electron chi connectivity index (χ4n) is 4.49. The van der Waals surface area contributed by atoms with Gasteiger partial charge in [0, 0.05) is 11.1 Å². The molecule has 1 aromatic heterocycles. The maximum absolute atomic E-state index is 13.5. The van der Waals surface area contributed by atoms with Crippen LogP contribution in [0.1, 0.15) is 56.2 Å². The molecule has 4 heterocycles. The van der Waals surface area contributed by atoms with Crippen LogP contribution >= 0.6 is 0 Å². The van der Waals surface area contributed by atoms with E-state index in [-0.39, 0.29) is 24.3 Å². The van der Waals surface area contributed by atoms with Crippen molar-refractivity contribution in [3.8, 4) is 11.9 Å². The molecule has 0 saturated heterocycles. The van der Waals surface area contributed by atoms with E-state index >= 15 is 0 Å². The van der Waals surface area contributed by atoms with Gasteiger partial charge in [-0.1, -0.05) is 28.5 Å². The lowest BCUT2D eigenvalue weighted by Crippen LogP contribution is -2.43. The first-order chi connectivity index (χ1) is 16.1. The number of aliphatic imine (C=N–C) groups is 1. The molecule has 3 aliphatic heterocycles. The zero-order valence-corrected chi connectivity index (χ0v) is 19.7. The molecule has 172 valence electrons. The number of rotatable bonds is 0. The summed E-state index contributed by atoms with van der Waals surface area (Å²) >= 11 is 0. The van der Waals surface area contributed by atoms with Gasteiger partial charge in [0.2, 0.25) is 0 Å². The lowest BCUT2D eigenvalue weighted by Gasteiger charge is -2.23. The van der Waals surface area contributed by atoms with Crippen LogP contribution in [0.4, 0.5) is 5.82 Å². The van der Waals surface area contributed by atoms with Gasteiger partial charge in [0.25, 0.3) is 24.2 Å². The number of anilines is 1. The largest absolute Gasteiger partial charge is 0.467 e. The molecule has 0 aliphatic carbocycles. The number of nitrogens with zero attached hydrogens (tertiary/aromatic N) is 7. The van der Waals surface area contributed by atoms with Crippen LogP contribution < -0.4 is 10.5 Å². The van der Waals surface area contributed by atoms with Crippen LogP contribution in [-0.2, 0) is 4.79 Å². The minimum atomic E-state index is -0.948. The molecule has 0 radical (unpaired) electrons. The van der Waals surface area contributed by atoms with Crippen LogP contribution in [0.25, 0.3) is 5.70 Å². The van der Waals surface area contributed by atoms with E-state index in [1.807, 2.05) is 39.0 Å². The molecule has 10 nitrogen and oxygen atoms in total. The lowest BCUT2D eigenvalue weighted by molar-refractivity contribution is -0.516. The highest BCUT2D eigenvalue weighted by Crippen LogP contribution is 2.36. The SMILES string of the molecule is Cc1ccc2c(c1)[C@@H](C)Oc1nc(cnc1N)C1=C(C#N)C(C)N=[N+]1CN1C(=O)C(C)(C)N=C21. The molecular formula is C24H25N8O2+. The standard InChI is InChI=1S/C24H25N8O2/c1-12-6-7-15-16(8-12)14(3)34-22-20(26)27-10-18(28-22)19-17(9-25)13(2)30-32(19)11-31-21(15)29-24(4,5)23(31)33/h6-8,10,13-14H,11H2,1-5H3,(H2,26,27)/q+1/t13?,14-/m1/s1. The Balaban J connectivity index is 1.80. The second-order valence-electron chi connectivity index (χ2n) is 9.23. The molecular weight excluding hydrogens is 432 g/mol. The maximum Gasteiger partial charge on any atom is 0.276 e. The number of carbonyl (C=O) groups excluding carboxylic acids is 1. The first-order valence-electron chi connectivity index (χ1n) is 11.1. The van der Waals surface area contributed by atoms with Crippen molar-refractivity contribution in [3.05, 3.63) is 52.4 Å². The van der Waals surface area contributed by atoms with E-state index in [1.54, 1.807) is 23.4 Å². The van der Waals surface area contributed by atoms with E-state index in [0.717, 1.165) is 16.7 Å². The van der Waals surface area contributed by atoms with Crippen LogP contribution in [0.2, 0.25) is 0 Å². The Kier molecular flexibility index (Phi) is 4.75. The molecule has 5 rings (SSSR count). The number of carbonyl (C=O) groups is 1. The van der Waals surface area contributed by atoms with Gasteiger partial charge >= 0.3 is 0 Å². The normalized spacial score (nSPS) is 22.9. The second kappa shape index (κ2) is 7.45. The van der Waals surface area contributed by atoms with Crippen molar-refractivity contribution in [1.29, 1.82) is 5.26 Å². The van der Waals surface area contributed by atoms with Crippen molar-refractivity contribution in [2.24, 2.45) is 10.1 Å². The van der Waals surface area contributed by atoms with Gasteiger partial charge in [-0.15, -0.1) is 0 Å². The third kappa shape index (κ3) is 3.23. The van der Waals surface area contributed by atoms with Gasteiger partial charge in [0.05, 0.1) is 6.20 Å². The Morgan fingerprint density at radius 2 is 2.09 bits per heavy atom. The summed E-state index contributed by atoms with van der Waals surface area (Å²) in [6.07, 6.45) is 1.03. The number of hydrogen-bond acceptors (Lipinski definition) is 8. The minimum absolute atomic E-state index is 0.0793. The molecule has 2 aromatic rings. The van der Waals surface area contributed by atoms with Crippen molar-refractivity contribution in [3.63, 3.8) is 0 Å². The molecule has 3 aliphatic rings. The van der Waals surface area contributed by atoms with Crippen molar-refractivity contribution >= 4 is 23.3 Å². The molecule has 1 amide bonds. The number of benzene rings is 1. The highest BCUT2D eigenvalue weighted by atomic mass is 16.5. The van der Waals surface area contributed by atoms with Crippen LogP contribution in [0.15, 0.2) is 40.1 Å². The molecule has 2 bridgehead atoms. The molecule has 0 fully saturated rings. The molecule has 1 unspecified atom stereocenters. The number of ether oxygens (including phenoxy) is 1. The van der Waals surface area contributed by atoms with Crippen molar-refractivity contribution < 1.29 is 14.2 Å². The summed E-state index contributed by atoms with van der Waals surface area (Å²) < 4.78 is 7.83. The zero-order valence-electron chi connectivity index (χ0n) is 19.7. The van der Waals surface area contributed by atoms with Gasteiger partial charge in [-0.3, -0.25) is 9.79 Å². The Bertz CT molecular complexity index is 1380. The maximum atomic E-state index is 13.5. The number of hydrogen-bond donors (Lipinski definition) is 1. The topological polar surface area (TPSA) is 133 Å². The van der Waals surface area contributed by atoms with Gasteiger partial charge < -0.3 is 10.5 Å². The van der Waals surface area contributed by atoms with E-state index in [0.29, 0.717) is 22.8 Å². The predicted octanol–water partition coefficient (Wildman–Crippen LogP) is 2.95. The summed E-state index contributed by atoms with van der Waals surface area (Å²) in [6, 6.07) is 7.76. The number of fused-ring (bicyclic) bond motifs is 7. The van der Waals surface area contributed by atoms with Crippen LogP contribution in [0, 0.1) is 18.3 Å². The molecule has 1 aromatic carbocycles. The Morgan fingerprint density at radius 1 is 1.32 bits per heavy atom. The molecule has 2 N–H and O–H groups in total. The van der Waals surface area contributed by atoms with Gasteiger partial charge in [-0.2, -0.15) is 5.26 Å². The van der Waals surface area contributed by atoms with E-state index < -0.39 is 17.7 Å². The van der Waals surface area contributed by atoms with E-state index in [4.69, 9.17) is 15.5 Å². The highest BCUT2D eigenvalue weighted by Gasteiger charge is 2.47. The lowest BCUT2D eigenvalue weighted by atomic mass is 9.99. The monoisotopic (exact) mass is 457 g/mol. The van der Waals surface area contributed by atoms with E-state index in [2.05, 4.69) is 21.2 Å². The number of nitrogen functional groups attached to an aromatic ring is 1. The summed E-state index contributed by atoms with van der Waals surface area (Å²) in [6.45, 7) is 9.37. The van der Waals surface area contributed by atoms with Crippen LogP contribution in [0.5, 0.6) is 5.88 Å².